The summed E-state index contributed by atoms with van der Waals surface area (Å²) >= 11 is 0. The zero-order valence-electron chi connectivity index (χ0n) is 23.2. The van der Waals surface area contributed by atoms with Gasteiger partial charge in [0.1, 0.15) is 16.9 Å². The summed E-state index contributed by atoms with van der Waals surface area (Å²) in [5.41, 5.74) is 3.76. The predicted octanol–water partition coefficient (Wildman–Crippen LogP) is 6.44. The minimum Gasteiger partial charge on any atom is -0.461 e. The molecule has 7 aromatic rings. The molecule has 0 N–H and O–H groups in total. The van der Waals surface area contributed by atoms with Gasteiger partial charge in [-0.2, -0.15) is 0 Å². The Balaban J connectivity index is 1.48. The van der Waals surface area contributed by atoms with E-state index in [4.69, 9.17) is 14.5 Å². The molecule has 206 valence electrons. The fourth-order valence-corrected chi connectivity index (χ4v) is 5.79. The fraction of sp³-hybridized carbons (Fsp3) is 0.118. The van der Waals surface area contributed by atoms with E-state index < -0.39 is 5.54 Å². The number of benzene rings is 3. The van der Waals surface area contributed by atoms with Gasteiger partial charge in [0.15, 0.2) is 11.6 Å². The van der Waals surface area contributed by atoms with Crippen LogP contribution in [0.4, 0.5) is 0 Å². The van der Waals surface area contributed by atoms with Crippen molar-refractivity contribution in [3.8, 4) is 23.0 Å². The first-order valence-corrected chi connectivity index (χ1v) is 13.8. The van der Waals surface area contributed by atoms with Crippen LogP contribution >= 0.6 is 0 Å². The third-order valence-electron chi connectivity index (χ3n) is 7.64. The molecule has 0 aliphatic heterocycles. The van der Waals surface area contributed by atoms with Gasteiger partial charge >= 0.3 is 0 Å². The lowest BCUT2D eigenvalue weighted by Gasteiger charge is -2.37. The van der Waals surface area contributed by atoms with E-state index in [1.54, 1.807) is 33.7 Å². The van der Waals surface area contributed by atoms with Crippen LogP contribution in [0.1, 0.15) is 36.6 Å². The second-order valence-electron chi connectivity index (χ2n) is 10.4. The van der Waals surface area contributed by atoms with E-state index in [1.807, 2.05) is 44.6 Å². The Morgan fingerprint density at radius 2 is 1.36 bits per heavy atom. The van der Waals surface area contributed by atoms with Crippen LogP contribution in [-0.2, 0) is 5.54 Å². The summed E-state index contributed by atoms with van der Waals surface area (Å²) in [6, 6.07) is 34.7. The smallest absolute Gasteiger partial charge is 0.297 e. The maximum absolute atomic E-state index is 13.6. The highest BCUT2D eigenvalue weighted by atomic mass is 16.3. The van der Waals surface area contributed by atoms with Crippen molar-refractivity contribution in [3.05, 3.63) is 155 Å². The number of hydrogen-bond donors (Lipinski definition) is 0. The Hall–Kier alpha value is -5.50. The van der Waals surface area contributed by atoms with Crippen LogP contribution in [0.5, 0.6) is 0 Å². The third-order valence-corrected chi connectivity index (χ3v) is 7.64. The molecule has 0 amide bonds. The molecule has 0 radical (unpaired) electrons. The Morgan fingerprint density at radius 1 is 0.762 bits per heavy atom. The monoisotopic (exact) mass is 552 g/mol. The molecule has 0 saturated heterocycles. The van der Waals surface area contributed by atoms with E-state index in [1.165, 1.54) is 0 Å². The Morgan fingerprint density at radius 3 is 1.88 bits per heavy atom. The maximum atomic E-state index is 13.6. The van der Waals surface area contributed by atoms with Gasteiger partial charge in [-0.1, -0.05) is 91.0 Å². The van der Waals surface area contributed by atoms with Gasteiger partial charge in [-0.3, -0.25) is 9.36 Å². The van der Waals surface area contributed by atoms with Crippen LogP contribution in [0.3, 0.4) is 0 Å². The molecule has 0 aliphatic rings. The third kappa shape index (κ3) is 3.91. The molecule has 0 atom stereocenters. The van der Waals surface area contributed by atoms with Gasteiger partial charge in [0.25, 0.3) is 5.56 Å². The van der Waals surface area contributed by atoms with Crippen molar-refractivity contribution in [2.45, 2.75) is 25.4 Å². The number of rotatable bonds is 7. The lowest BCUT2D eigenvalue weighted by molar-refractivity contribution is 0.514. The maximum Gasteiger partial charge on any atom is 0.297 e. The summed E-state index contributed by atoms with van der Waals surface area (Å²) < 4.78 is 11.0. The molecular weight excluding hydrogens is 524 g/mol. The molecule has 0 bridgehead atoms. The number of fused-ring (bicyclic) bond motifs is 1. The number of nitrogens with zero attached hydrogens (tertiary/aromatic N) is 6. The average molecular weight is 553 g/mol. The van der Waals surface area contributed by atoms with Crippen molar-refractivity contribution in [3.63, 3.8) is 0 Å². The zero-order valence-corrected chi connectivity index (χ0v) is 23.2. The van der Waals surface area contributed by atoms with Crippen molar-refractivity contribution in [1.82, 2.24) is 28.7 Å². The largest absolute Gasteiger partial charge is 0.461 e. The molecule has 0 unspecified atom stereocenters. The highest BCUT2D eigenvalue weighted by Crippen LogP contribution is 2.41. The zero-order chi connectivity index (χ0) is 28.7. The normalized spacial score (nSPS) is 11.9. The first-order chi connectivity index (χ1) is 20.6. The molecule has 0 saturated carbocycles. The second-order valence-corrected chi connectivity index (χ2v) is 10.4. The van der Waals surface area contributed by atoms with Gasteiger partial charge in [0.2, 0.25) is 5.65 Å². The lowest BCUT2D eigenvalue weighted by Crippen LogP contribution is -2.36. The Kier molecular flexibility index (Phi) is 6.16. The Bertz CT molecular complexity index is 1930. The van der Waals surface area contributed by atoms with Gasteiger partial charge in [0, 0.05) is 12.2 Å². The summed E-state index contributed by atoms with van der Waals surface area (Å²) in [6.45, 7) is 3.88. The van der Waals surface area contributed by atoms with Gasteiger partial charge in [-0.25, -0.2) is 14.5 Å². The van der Waals surface area contributed by atoms with Crippen molar-refractivity contribution in [2.75, 3.05) is 0 Å². The number of furan rings is 1. The minimum atomic E-state index is -0.716. The van der Waals surface area contributed by atoms with Crippen LogP contribution in [0.25, 0.3) is 28.6 Å². The summed E-state index contributed by atoms with van der Waals surface area (Å²) in [5.74, 6) is 0.933. The van der Waals surface area contributed by atoms with Crippen molar-refractivity contribution >= 4 is 5.65 Å². The van der Waals surface area contributed by atoms with Gasteiger partial charge in [0.05, 0.1) is 18.8 Å². The molecule has 7 rings (SSSR count). The second kappa shape index (κ2) is 10.2. The first-order valence-electron chi connectivity index (χ1n) is 13.8. The molecule has 8 heteroatoms. The van der Waals surface area contributed by atoms with E-state index in [-0.39, 0.29) is 17.2 Å². The molecule has 0 spiro atoms. The van der Waals surface area contributed by atoms with Crippen molar-refractivity contribution in [2.24, 2.45) is 0 Å². The number of imidazole rings is 2. The highest BCUT2D eigenvalue weighted by Gasteiger charge is 2.38. The molecular formula is C34H28N6O2. The Labute approximate surface area is 242 Å². The summed E-state index contributed by atoms with van der Waals surface area (Å²) in [5, 5.41) is 4.86. The molecule has 42 heavy (non-hydrogen) atoms. The van der Waals surface area contributed by atoms with Gasteiger partial charge < -0.3 is 8.98 Å². The number of aromatic nitrogens is 6. The average Bonchev–Trinajstić information content (AvgIpc) is 3.81. The summed E-state index contributed by atoms with van der Waals surface area (Å²) in [6.07, 6.45) is 7.06. The molecule has 8 nitrogen and oxygen atoms in total. The van der Waals surface area contributed by atoms with Crippen LogP contribution in [0, 0.1) is 0 Å². The van der Waals surface area contributed by atoms with Gasteiger partial charge in [-0.15, -0.1) is 5.10 Å². The van der Waals surface area contributed by atoms with Crippen LogP contribution in [0.15, 0.2) is 137 Å². The predicted molar refractivity (Wildman–Crippen MR) is 161 cm³/mol. The van der Waals surface area contributed by atoms with E-state index in [0.29, 0.717) is 23.0 Å². The summed E-state index contributed by atoms with van der Waals surface area (Å²) in [4.78, 5) is 23.0. The first kappa shape index (κ1) is 25.5. The SMILES string of the molecule is CC(C)n1c(-c2ccco2)nn2c(-c3cn(C(c4ccccc4)(c4ccccc4)c4ccccc4)cn3)cnc2c1=O. The fourth-order valence-electron chi connectivity index (χ4n) is 5.79. The van der Waals surface area contributed by atoms with Crippen LogP contribution < -0.4 is 5.56 Å². The van der Waals surface area contributed by atoms with Crippen LogP contribution in [-0.4, -0.2) is 28.7 Å². The molecule has 3 aromatic carbocycles. The van der Waals surface area contributed by atoms with Crippen molar-refractivity contribution in [1.29, 1.82) is 0 Å². The molecule has 4 aromatic heterocycles. The number of hydrogen-bond acceptors (Lipinski definition) is 5. The molecule has 0 aliphatic carbocycles. The lowest BCUT2D eigenvalue weighted by atomic mass is 9.77. The van der Waals surface area contributed by atoms with E-state index in [9.17, 15) is 4.79 Å². The topological polar surface area (TPSA) is 83.2 Å². The quantitative estimate of drug-likeness (QED) is 0.213. The highest BCUT2D eigenvalue weighted by molar-refractivity contribution is 5.61. The molecule has 4 heterocycles. The minimum absolute atomic E-state index is 0.141. The van der Waals surface area contributed by atoms with Crippen molar-refractivity contribution < 1.29 is 4.42 Å². The van der Waals surface area contributed by atoms with E-state index >= 15 is 0 Å². The standard InChI is InChI=1S/C34H28N6O2/c1-24(2)39-31(30-19-12-20-42-30)37-40-29(21-35-32(40)33(39)41)28-22-38(23-36-28)34(25-13-6-3-7-14-25,26-15-8-4-9-16-26)27-17-10-5-11-18-27/h3-24H,1-2H3. The van der Waals surface area contributed by atoms with Gasteiger partial charge in [-0.05, 0) is 42.7 Å². The molecule has 0 fully saturated rings. The summed E-state index contributed by atoms with van der Waals surface area (Å²) in [7, 11) is 0. The van der Waals surface area contributed by atoms with E-state index in [0.717, 1.165) is 16.7 Å². The van der Waals surface area contributed by atoms with Crippen LogP contribution in [0.2, 0.25) is 0 Å². The van der Waals surface area contributed by atoms with E-state index in [2.05, 4.69) is 82.3 Å².